The maximum Gasteiger partial charge on any atom is 0.146 e. The average molecular weight is 237 g/mol. The minimum Gasteiger partial charge on any atom is -0.389 e. The summed E-state index contributed by atoms with van der Waals surface area (Å²) in [6, 6.07) is 4.96. The Morgan fingerprint density at radius 3 is 2.41 bits per heavy atom. The summed E-state index contributed by atoms with van der Waals surface area (Å²) in [6.07, 6.45) is 4.02. The van der Waals surface area contributed by atoms with E-state index in [1.807, 2.05) is 6.07 Å². The van der Waals surface area contributed by atoms with E-state index in [4.69, 9.17) is 0 Å². The van der Waals surface area contributed by atoms with Gasteiger partial charge in [-0.1, -0.05) is 25.0 Å². The fraction of sp³-hybridized carbons (Fsp3) is 0.571. The molecule has 1 atom stereocenters. The van der Waals surface area contributed by atoms with Crippen molar-refractivity contribution >= 4 is 5.69 Å². The van der Waals surface area contributed by atoms with Gasteiger partial charge in [-0.05, 0) is 25.8 Å². The van der Waals surface area contributed by atoms with Crippen molar-refractivity contribution in [3.63, 3.8) is 0 Å². The van der Waals surface area contributed by atoms with Crippen molar-refractivity contribution in [2.24, 2.45) is 0 Å². The third kappa shape index (κ3) is 2.78. The van der Waals surface area contributed by atoms with Gasteiger partial charge in [-0.3, -0.25) is 0 Å². The Bertz CT molecular complexity index is 370. The van der Waals surface area contributed by atoms with Crippen molar-refractivity contribution in [1.82, 2.24) is 0 Å². The standard InChI is InChI=1S/C14H20FNO/c1-11(17)12-7-6-8-13(15)14(12)16-9-4-2-3-5-10-16/h6-8,11,17H,2-5,9-10H2,1H3/t11-/m1/s1. The zero-order chi connectivity index (χ0) is 12.3. The molecule has 1 aliphatic heterocycles. The van der Waals surface area contributed by atoms with Gasteiger partial charge in [0.25, 0.3) is 0 Å². The lowest BCUT2D eigenvalue weighted by Gasteiger charge is -2.26. The Morgan fingerprint density at radius 2 is 1.82 bits per heavy atom. The molecule has 0 amide bonds. The van der Waals surface area contributed by atoms with Gasteiger partial charge in [-0.25, -0.2) is 4.39 Å². The van der Waals surface area contributed by atoms with Crippen molar-refractivity contribution in [1.29, 1.82) is 0 Å². The number of anilines is 1. The van der Waals surface area contributed by atoms with Crippen LogP contribution >= 0.6 is 0 Å². The SMILES string of the molecule is C[C@@H](O)c1cccc(F)c1N1CCCCCC1. The summed E-state index contributed by atoms with van der Waals surface area (Å²) < 4.78 is 14.0. The minimum absolute atomic E-state index is 0.217. The van der Waals surface area contributed by atoms with Crippen LogP contribution in [0.5, 0.6) is 0 Å². The van der Waals surface area contributed by atoms with E-state index in [1.54, 1.807) is 13.0 Å². The lowest BCUT2D eigenvalue weighted by Crippen LogP contribution is -2.26. The molecule has 0 radical (unpaired) electrons. The van der Waals surface area contributed by atoms with Crippen LogP contribution in [-0.2, 0) is 0 Å². The number of rotatable bonds is 2. The first-order chi connectivity index (χ1) is 8.20. The number of aliphatic hydroxyl groups is 1. The Hall–Kier alpha value is -1.09. The zero-order valence-corrected chi connectivity index (χ0v) is 10.3. The lowest BCUT2D eigenvalue weighted by atomic mass is 10.1. The summed E-state index contributed by atoms with van der Waals surface area (Å²) in [5, 5.41) is 9.74. The molecule has 94 valence electrons. The maximum atomic E-state index is 14.0. The quantitative estimate of drug-likeness (QED) is 0.853. The van der Waals surface area contributed by atoms with Crippen LogP contribution in [0.25, 0.3) is 0 Å². The molecular weight excluding hydrogens is 217 g/mol. The Kier molecular flexibility index (Phi) is 4.00. The largest absolute Gasteiger partial charge is 0.389 e. The number of nitrogens with zero attached hydrogens (tertiary/aromatic N) is 1. The number of para-hydroxylation sites is 1. The summed E-state index contributed by atoms with van der Waals surface area (Å²) >= 11 is 0. The summed E-state index contributed by atoms with van der Waals surface area (Å²) in [5.74, 6) is -0.217. The second-order valence-electron chi connectivity index (χ2n) is 4.75. The van der Waals surface area contributed by atoms with Crippen molar-refractivity contribution in [2.75, 3.05) is 18.0 Å². The van der Waals surface area contributed by atoms with E-state index >= 15 is 0 Å². The van der Waals surface area contributed by atoms with Crippen molar-refractivity contribution in [2.45, 2.75) is 38.7 Å². The Labute approximate surface area is 102 Å². The molecule has 1 fully saturated rings. The average Bonchev–Trinajstić information content (AvgIpc) is 2.57. The molecule has 0 spiro atoms. The van der Waals surface area contributed by atoms with Crippen LogP contribution in [0.4, 0.5) is 10.1 Å². The van der Waals surface area contributed by atoms with Gasteiger partial charge in [0.2, 0.25) is 0 Å². The van der Waals surface area contributed by atoms with Crippen LogP contribution in [0.1, 0.15) is 44.3 Å². The van der Waals surface area contributed by atoms with E-state index in [2.05, 4.69) is 4.90 Å². The van der Waals surface area contributed by atoms with Gasteiger partial charge < -0.3 is 10.0 Å². The number of aliphatic hydroxyl groups excluding tert-OH is 1. The molecule has 3 heteroatoms. The van der Waals surface area contributed by atoms with Gasteiger partial charge in [-0.15, -0.1) is 0 Å². The topological polar surface area (TPSA) is 23.5 Å². The van der Waals surface area contributed by atoms with Gasteiger partial charge in [0.15, 0.2) is 0 Å². The molecule has 1 saturated heterocycles. The summed E-state index contributed by atoms with van der Waals surface area (Å²) in [6.45, 7) is 3.47. The second-order valence-corrected chi connectivity index (χ2v) is 4.75. The van der Waals surface area contributed by atoms with Crippen molar-refractivity contribution < 1.29 is 9.50 Å². The highest BCUT2D eigenvalue weighted by Crippen LogP contribution is 2.30. The molecule has 2 nitrogen and oxygen atoms in total. The Balaban J connectivity index is 2.34. The maximum absolute atomic E-state index is 14.0. The zero-order valence-electron chi connectivity index (χ0n) is 10.3. The van der Waals surface area contributed by atoms with E-state index < -0.39 is 6.10 Å². The molecule has 1 aromatic rings. The van der Waals surface area contributed by atoms with Crippen LogP contribution in [0.15, 0.2) is 18.2 Å². The van der Waals surface area contributed by atoms with Crippen LogP contribution < -0.4 is 4.90 Å². The molecule has 1 heterocycles. The van der Waals surface area contributed by atoms with Gasteiger partial charge in [0.1, 0.15) is 5.82 Å². The molecule has 0 unspecified atom stereocenters. The first-order valence-corrected chi connectivity index (χ1v) is 6.41. The van der Waals surface area contributed by atoms with Crippen molar-refractivity contribution in [3.8, 4) is 0 Å². The lowest BCUT2D eigenvalue weighted by molar-refractivity contribution is 0.199. The molecule has 1 N–H and O–H groups in total. The fourth-order valence-electron chi connectivity index (χ4n) is 2.50. The third-order valence-electron chi connectivity index (χ3n) is 3.39. The van der Waals surface area contributed by atoms with Crippen molar-refractivity contribution in [3.05, 3.63) is 29.6 Å². The summed E-state index contributed by atoms with van der Waals surface area (Å²) in [7, 11) is 0. The van der Waals surface area contributed by atoms with E-state index in [1.165, 1.54) is 18.9 Å². The molecule has 1 aliphatic rings. The highest BCUT2D eigenvalue weighted by molar-refractivity contribution is 5.55. The van der Waals surface area contributed by atoms with E-state index in [0.717, 1.165) is 25.9 Å². The monoisotopic (exact) mass is 237 g/mol. The third-order valence-corrected chi connectivity index (χ3v) is 3.39. The molecule has 0 bridgehead atoms. The van der Waals surface area contributed by atoms with E-state index in [-0.39, 0.29) is 5.82 Å². The predicted octanol–water partition coefficient (Wildman–Crippen LogP) is 3.26. The first-order valence-electron chi connectivity index (χ1n) is 6.41. The molecule has 1 aromatic carbocycles. The molecule has 2 rings (SSSR count). The number of hydrogen-bond donors (Lipinski definition) is 1. The van der Waals surface area contributed by atoms with E-state index in [9.17, 15) is 9.50 Å². The second kappa shape index (κ2) is 5.50. The first kappa shape index (κ1) is 12.4. The van der Waals surface area contributed by atoms with Crippen LogP contribution in [0.2, 0.25) is 0 Å². The van der Waals surface area contributed by atoms with E-state index in [0.29, 0.717) is 11.3 Å². The molecule has 0 saturated carbocycles. The molecular formula is C14H20FNO. The molecule has 17 heavy (non-hydrogen) atoms. The molecule has 0 aliphatic carbocycles. The van der Waals surface area contributed by atoms with Gasteiger partial charge >= 0.3 is 0 Å². The van der Waals surface area contributed by atoms with Gasteiger partial charge in [0.05, 0.1) is 11.8 Å². The summed E-state index contributed by atoms with van der Waals surface area (Å²) in [5.41, 5.74) is 1.30. The molecule has 0 aromatic heterocycles. The fourth-order valence-corrected chi connectivity index (χ4v) is 2.50. The van der Waals surface area contributed by atoms with Crippen LogP contribution in [0.3, 0.4) is 0 Å². The number of benzene rings is 1. The summed E-state index contributed by atoms with van der Waals surface area (Å²) in [4.78, 5) is 2.09. The van der Waals surface area contributed by atoms with Gasteiger partial charge in [0, 0.05) is 18.7 Å². The normalized spacial score (nSPS) is 18.9. The number of halogens is 1. The Morgan fingerprint density at radius 1 is 1.18 bits per heavy atom. The number of hydrogen-bond acceptors (Lipinski definition) is 2. The van der Waals surface area contributed by atoms with Crippen LogP contribution in [0, 0.1) is 5.82 Å². The predicted molar refractivity (Wildman–Crippen MR) is 67.7 cm³/mol. The van der Waals surface area contributed by atoms with Gasteiger partial charge in [-0.2, -0.15) is 0 Å². The highest BCUT2D eigenvalue weighted by Gasteiger charge is 2.19. The highest BCUT2D eigenvalue weighted by atomic mass is 19.1. The van der Waals surface area contributed by atoms with Crippen LogP contribution in [-0.4, -0.2) is 18.2 Å². The smallest absolute Gasteiger partial charge is 0.146 e. The minimum atomic E-state index is -0.621.